The van der Waals surface area contributed by atoms with Crippen LogP contribution in [-0.2, 0) is 10.0 Å². The van der Waals surface area contributed by atoms with Crippen molar-refractivity contribution in [3.8, 4) is 0 Å². The lowest BCUT2D eigenvalue weighted by molar-refractivity contribution is 0.0696. The Morgan fingerprint density at radius 2 is 1.80 bits per heavy atom. The molecule has 0 unspecified atom stereocenters. The summed E-state index contributed by atoms with van der Waals surface area (Å²) in [5.41, 5.74) is -0.0853. The van der Waals surface area contributed by atoms with Crippen LogP contribution in [0.4, 0.5) is 10.1 Å². The number of sulfonamides is 1. The van der Waals surface area contributed by atoms with E-state index < -0.39 is 21.8 Å². The van der Waals surface area contributed by atoms with E-state index in [2.05, 4.69) is 4.72 Å². The van der Waals surface area contributed by atoms with Crippen LogP contribution in [-0.4, -0.2) is 19.5 Å². The van der Waals surface area contributed by atoms with Gasteiger partial charge in [0.2, 0.25) is 0 Å². The van der Waals surface area contributed by atoms with Gasteiger partial charge in [-0.25, -0.2) is 17.6 Å². The Bertz CT molecular complexity index is 758. The van der Waals surface area contributed by atoms with Gasteiger partial charge in [0.15, 0.2) is 0 Å². The molecule has 0 aromatic heterocycles. The van der Waals surface area contributed by atoms with Gasteiger partial charge in [-0.05, 0) is 36.4 Å². The van der Waals surface area contributed by atoms with E-state index in [1.54, 1.807) is 0 Å². The van der Waals surface area contributed by atoms with Crippen molar-refractivity contribution in [3.63, 3.8) is 0 Å². The van der Waals surface area contributed by atoms with Crippen molar-refractivity contribution in [2.75, 3.05) is 4.72 Å². The highest BCUT2D eigenvalue weighted by Gasteiger charge is 2.16. The Kier molecular flexibility index (Phi) is 3.71. The molecule has 0 radical (unpaired) electrons. The van der Waals surface area contributed by atoms with E-state index in [4.69, 9.17) is 5.11 Å². The number of hydrogen-bond acceptors (Lipinski definition) is 3. The van der Waals surface area contributed by atoms with Gasteiger partial charge >= 0.3 is 5.97 Å². The van der Waals surface area contributed by atoms with E-state index in [9.17, 15) is 17.6 Å². The van der Waals surface area contributed by atoms with Crippen molar-refractivity contribution < 1.29 is 22.7 Å². The summed E-state index contributed by atoms with van der Waals surface area (Å²) in [5, 5.41) is 8.84. The first-order valence-corrected chi connectivity index (χ1v) is 6.98. The van der Waals surface area contributed by atoms with Crippen LogP contribution < -0.4 is 4.72 Å². The summed E-state index contributed by atoms with van der Waals surface area (Å²) in [4.78, 5) is 10.6. The molecule has 0 atom stereocenters. The molecule has 2 N–H and O–H groups in total. The lowest BCUT2D eigenvalue weighted by Crippen LogP contribution is -2.13. The van der Waals surface area contributed by atoms with E-state index >= 15 is 0 Å². The fourth-order valence-electron chi connectivity index (χ4n) is 1.56. The van der Waals surface area contributed by atoms with E-state index in [-0.39, 0.29) is 16.1 Å². The topological polar surface area (TPSA) is 83.5 Å². The van der Waals surface area contributed by atoms with E-state index in [1.807, 2.05) is 0 Å². The van der Waals surface area contributed by atoms with Crippen LogP contribution >= 0.6 is 0 Å². The predicted molar refractivity (Wildman–Crippen MR) is 70.6 cm³/mol. The molecule has 5 nitrogen and oxygen atoms in total. The number of benzene rings is 2. The predicted octanol–water partition coefficient (Wildman–Crippen LogP) is 2.32. The van der Waals surface area contributed by atoms with Crippen LogP contribution in [0.5, 0.6) is 0 Å². The number of anilines is 1. The summed E-state index contributed by atoms with van der Waals surface area (Å²) in [5.74, 6) is -1.81. The van der Waals surface area contributed by atoms with Crippen molar-refractivity contribution in [3.05, 3.63) is 59.9 Å². The lowest BCUT2D eigenvalue weighted by Gasteiger charge is -2.08. The first-order valence-electron chi connectivity index (χ1n) is 5.50. The van der Waals surface area contributed by atoms with Crippen LogP contribution in [0.15, 0.2) is 53.4 Å². The smallest absolute Gasteiger partial charge is 0.335 e. The molecule has 7 heteroatoms. The quantitative estimate of drug-likeness (QED) is 0.906. The maximum Gasteiger partial charge on any atom is 0.335 e. The number of halogens is 1. The highest BCUT2D eigenvalue weighted by Crippen LogP contribution is 2.17. The molecule has 2 aromatic carbocycles. The molecular formula is C13H10FNO4S. The molecule has 2 rings (SSSR count). The average Bonchev–Trinajstić information content (AvgIpc) is 2.38. The Morgan fingerprint density at radius 3 is 2.45 bits per heavy atom. The van der Waals surface area contributed by atoms with Crippen molar-refractivity contribution >= 4 is 21.7 Å². The van der Waals surface area contributed by atoms with Gasteiger partial charge < -0.3 is 5.11 Å². The summed E-state index contributed by atoms with van der Waals surface area (Å²) in [6, 6.07) is 9.86. The number of aromatic carboxylic acids is 1. The minimum Gasteiger partial charge on any atom is -0.478 e. The van der Waals surface area contributed by atoms with Crippen molar-refractivity contribution in [2.45, 2.75) is 4.90 Å². The third kappa shape index (κ3) is 3.12. The molecule has 0 bridgehead atoms. The molecule has 0 spiro atoms. The second-order valence-corrected chi connectivity index (χ2v) is 5.63. The second-order valence-electron chi connectivity index (χ2n) is 3.95. The Morgan fingerprint density at radius 1 is 1.10 bits per heavy atom. The van der Waals surface area contributed by atoms with E-state index in [0.717, 1.165) is 12.1 Å². The van der Waals surface area contributed by atoms with Crippen LogP contribution in [0.1, 0.15) is 10.4 Å². The first kappa shape index (κ1) is 14.0. The van der Waals surface area contributed by atoms with Gasteiger partial charge in [-0.2, -0.15) is 0 Å². The van der Waals surface area contributed by atoms with Gasteiger partial charge in [-0.1, -0.05) is 12.1 Å². The molecule has 0 amide bonds. The molecule has 0 aliphatic carbocycles. The van der Waals surface area contributed by atoms with Crippen LogP contribution in [0.3, 0.4) is 0 Å². The Labute approximate surface area is 114 Å². The van der Waals surface area contributed by atoms with Crippen molar-refractivity contribution in [2.24, 2.45) is 0 Å². The van der Waals surface area contributed by atoms with Crippen LogP contribution in [0, 0.1) is 5.82 Å². The molecule has 20 heavy (non-hydrogen) atoms. The minimum atomic E-state index is -3.97. The minimum absolute atomic E-state index is 0.0609. The highest BCUT2D eigenvalue weighted by atomic mass is 32.2. The molecule has 104 valence electrons. The third-order valence-corrected chi connectivity index (χ3v) is 3.85. The number of carboxylic acids is 1. The molecule has 2 aromatic rings. The molecule has 0 saturated carbocycles. The molecular weight excluding hydrogens is 285 g/mol. The molecule has 0 fully saturated rings. The summed E-state index contributed by atoms with van der Waals surface area (Å²) in [7, 11) is -3.97. The van der Waals surface area contributed by atoms with E-state index in [0.29, 0.717) is 0 Å². The standard InChI is InChI=1S/C13H10FNO4S/c14-10-4-2-5-11(8-10)15-20(18,19)12-6-1-3-9(7-12)13(16)17/h1-8,15H,(H,16,17). The van der Waals surface area contributed by atoms with Gasteiger partial charge in [-0.3, -0.25) is 4.72 Å². The maximum absolute atomic E-state index is 13.0. The Hall–Kier alpha value is -2.41. The fraction of sp³-hybridized carbons (Fsp3) is 0. The zero-order valence-corrected chi connectivity index (χ0v) is 10.9. The number of hydrogen-bond donors (Lipinski definition) is 2. The lowest BCUT2D eigenvalue weighted by atomic mass is 10.2. The van der Waals surface area contributed by atoms with Crippen molar-refractivity contribution in [1.82, 2.24) is 0 Å². The summed E-state index contributed by atoms with van der Waals surface area (Å²) in [6.45, 7) is 0. The van der Waals surface area contributed by atoms with Crippen LogP contribution in [0.25, 0.3) is 0 Å². The summed E-state index contributed by atoms with van der Waals surface area (Å²) < 4.78 is 39.3. The maximum atomic E-state index is 13.0. The molecule has 0 saturated heterocycles. The van der Waals surface area contributed by atoms with Gasteiger partial charge in [0.05, 0.1) is 16.1 Å². The van der Waals surface area contributed by atoms with Crippen molar-refractivity contribution in [1.29, 1.82) is 0 Å². The number of nitrogens with one attached hydrogen (secondary N) is 1. The molecule has 0 heterocycles. The zero-order chi connectivity index (χ0) is 14.8. The normalized spacial score (nSPS) is 11.1. The van der Waals surface area contributed by atoms with Gasteiger partial charge in [0.25, 0.3) is 10.0 Å². The largest absolute Gasteiger partial charge is 0.478 e. The number of carbonyl (C=O) groups is 1. The number of rotatable bonds is 4. The molecule has 0 aliphatic heterocycles. The highest BCUT2D eigenvalue weighted by molar-refractivity contribution is 7.92. The molecule has 0 aliphatic rings. The summed E-state index contributed by atoms with van der Waals surface area (Å²) >= 11 is 0. The monoisotopic (exact) mass is 295 g/mol. The van der Waals surface area contributed by atoms with Crippen LogP contribution in [0.2, 0.25) is 0 Å². The van der Waals surface area contributed by atoms with Gasteiger partial charge in [0.1, 0.15) is 5.82 Å². The second kappa shape index (κ2) is 5.30. The first-order chi connectivity index (χ1) is 9.38. The number of carboxylic acid groups (broad SMARTS) is 1. The zero-order valence-electron chi connectivity index (χ0n) is 10.1. The third-order valence-electron chi connectivity index (χ3n) is 2.47. The van der Waals surface area contributed by atoms with Gasteiger partial charge in [0, 0.05) is 0 Å². The Balaban J connectivity index is 2.35. The van der Waals surface area contributed by atoms with E-state index in [1.165, 1.54) is 36.4 Å². The van der Waals surface area contributed by atoms with Gasteiger partial charge in [-0.15, -0.1) is 0 Å². The summed E-state index contributed by atoms with van der Waals surface area (Å²) in [6.07, 6.45) is 0. The fourth-order valence-corrected chi connectivity index (χ4v) is 2.66. The SMILES string of the molecule is O=C(O)c1cccc(S(=O)(=O)Nc2cccc(F)c2)c1. The average molecular weight is 295 g/mol.